The van der Waals surface area contributed by atoms with Crippen LogP contribution >= 0.6 is 11.8 Å². The number of carbonyl (C=O) groups is 2. The average molecular weight is 451 g/mol. The number of carbonyl (C=O) groups excluding carboxylic acids is 2. The minimum atomic E-state index is -0.505. The van der Waals surface area contributed by atoms with E-state index in [9.17, 15) is 24.1 Å². The minimum Gasteiger partial charge on any atom is -0.318 e. The van der Waals surface area contributed by atoms with Gasteiger partial charge in [0.15, 0.2) is 0 Å². The summed E-state index contributed by atoms with van der Waals surface area (Å²) >= 11 is 0.857. The molecule has 2 aromatic carbocycles. The SMILES string of the molecule is Cc1cc(/C=C2\SC(=O)N(Cc3ccc([N+](=O)[O-])cc3)C2=O)c(C)n1-c1ccc(F)cc1. The molecule has 1 aromatic heterocycles. The van der Waals surface area contributed by atoms with E-state index in [0.29, 0.717) is 10.5 Å². The number of hydrogen-bond donors (Lipinski definition) is 0. The van der Waals surface area contributed by atoms with Crippen LogP contribution in [-0.2, 0) is 11.3 Å². The molecule has 2 amide bonds. The molecule has 0 bridgehead atoms. The molecule has 0 unspecified atom stereocenters. The van der Waals surface area contributed by atoms with Crippen LogP contribution in [0.3, 0.4) is 0 Å². The van der Waals surface area contributed by atoms with Gasteiger partial charge in [-0.05, 0) is 73.1 Å². The maximum Gasteiger partial charge on any atom is 0.293 e. The molecule has 32 heavy (non-hydrogen) atoms. The Balaban J connectivity index is 1.58. The molecule has 0 saturated carbocycles. The number of non-ortho nitro benzene ring substituents is 1. The van der Waals surface area contributed by atoms with Gasteiger partial charge in [0.2, 0.25) is 0 Å². The highest BCUT2D eigenvalue weighted by Gasteiger charge is 2.35. The lowest BCUT2D eigenvalue weighted by Gasteiger charge is -2.12. The number of thioether (sulfide) groups is 1. The highest BCUT2D eigenvalue weighted by atomic mass is 32.2. The number of nitrogens with zero attached hydrogens (tertiary/aromatic N) is 3. The van der Waals surface area contributed by atoms with Gasteiger partial charge in [-0.1, -0.05) is 12.1 Å². The lowest BCUT2D eigenvalue weighted by atomic mass is 10.2. The summed E-state index contributed by atoms with van der Waals surface area (Å²) in [5, 5.41) is 10.4. The standard InChI is InChI=1S/C23H18FN3O4S/c1-14-11-17(15(2)26(14)19-9-5-18(24)6-10-19)12-21-22(28)25(23(29)32-21)13-16-3-7-20(8-4-16)27(30)31/h3-12H,13H2,1-2H3/b21-12-. The number of imide groups is 1. The number of hydrogen-bond acceptors (Lipinski definition) is 5. The van der Waals surface area contributed by atoms with Crippen LogP contribution in [0.15, 0.2) is 59.5 Å². The van der Waals surface area contributed by atoms with Gasteiger partial charge >= 0.3 is 0 Å². The van der Waals surface area contributed by atoms with Crippen molar-refractivity contribution in [1.29, 1.82) is 0 Å². The van der Waals surface area contributed by atoms with Crippen molar-refractivity contribution in [2.45, 2.75) is 20.4 Å². The van der Waals surface area contributed by atoms with Gasteiger partial charge in [-0.15, -0.1) is 0 Å². The van der Waals surface area contributed by atoms with E-state index in [1.807, 2.05) is 24.5 Å². The molecule has 162 valence electrons. The summed E-state index contributed by atoms with van der Waals surface area (Å²) in [5.74, 6) is -0.733. The minimum absolute atomic E-state index is 0.0363. The Morgan fingerprint density at radius 1 is 1.06 bits per heavy atom. The fourth-order valence-corrected chi connectivity index (χ4v) is 4.43. The molecule has 1 aliphatic rings. The summed E-state index contributed by atoms with van der Waals surface area (Å²) in [6.07, 6.45) is 1.68. The first kappa shape index (κ1) is 21.5. The molecule has 3 aromatic rings. The van der Waals surface area contributed by atoms with Crippen molar-refractivity contribution in [3.8, 4) is 5.69 Å². The molecule has 0 aliphatic carbocycles. The molecule has 1 aliphatic heterocycles. The van der Waals surface area contributed by atoms with Gasteiger partial charge in [-0.25, -0.2) is 4.39 Å². The van der Waals surface area contributed by atoms with Crippen molar-refractivity contribution in [2.75, 3.05) is 0 Å². The van der Waals surface area contributed by atoms with E-state index in [4.69, 9.17) is 0 Å². The molecular formula is C23H18FN3O4S. The number of nitro benzene ring substituents is 1. The lowest BCUT2D eigenvalue weighted by Crippen LogP contribution is -2.27. The molecule has 1 fully saturated rings. The fraction of sp³-hybridized carbons (Fsp3) is 0.130. The Hall–Kier alpha value is -3.72. The van der Waals surface area contributed by atoms with E-state index < -0.39 is 16.1 Å². The zero-order valence-corrected chi connectivity index (χ0v) is 18.1. The first-order chi connectivity index (χ1) is 15.2. The van der Waals surface area contributed by atoms with Gasteiger partial charge < -0.3 is 4.57 Å². The van der Waals surface area contributed by atoms with E-state index in [2.05, 4.69) is 0 Å². The first-order valence-electron chi connectivity index (χ1n) is 9.68. The van der Waals surface area contributed by atoms with Crippen molar-refractivity contribution in [3.63, 3.8) is 0 Å². The number of halogens is 1. The maximum atomic E-state index is 13.3. The third-order valence-electron chi connectivity index (χ3n) is 5.20. The zero-order valence-electron chi connectivity index (χ0n) is 17.2. The molecular weight excluding hydrogens is 433 g/mol. The third kappa shape index (κ3) is 4.06. The molecule has 0 atom stereocenters. The van der Waals surface area contributed by atoms with Crippen molar-refractivity contribution >= 4 is 34.7 Å². The molecule has 9 heteroatoms. The van der Waals surface area contributed by atoms with Gasteiger partial charge in [0.1, 0.15) is 5.82 Å². The van der Waals surface area contributed by atoms with E-state index in [1.165, 1.54) is 36.4 Å². The predicted molar refractivity (Wildman–Crippen MR) is 120 cm³/mol. The van der Waals surface area contributed by atoms with Crippen molar-refractivity contribution in [2.24, 2.45) is 0 Å². The second-order valence-electron chi connectivity index (χ2n) is 7.33. The van der Waals surface area contributed by atoms with Gasteiger partial charge in [0.05, 0.1) is 16.4 Å². The van der Waals surface area contributed by atoms with E-state index in [0.717, 1.165) is 39.3 Å². The summed E-state index contributed by atoms with van der Waals surface area (Å²) in [7, 11) is 0. The van der Waals surface area contributed by atoms with Crippen LogP contribution in [0.2, 0.25) is 0 Å². The summed E-state index contributed by atoms with van der Waals surface area (Å²) < 4.78 is 15.2. The zero-order chi connectivity index (χ0) is 23.0. The van der Waals surface area contributed by atoms with Crippen LogP contribution in [0.5, 0.6) is 0 Å². The number of rotatable bonds is 5. The van der Waals surface area contributed by atoms with Gasteiger partial charge in [0, 0.05) is 29.2 Å². The van der Waals surface area contributed by atoms with Gasteiger partial charge in [-0.3, -0.25) is 24.6 Å². The summed E-state index contributed by atoms with van der Waals surface area (Å²) in [6.45, 7) is 3.84. The smallest absolute Gasteiger partial charge is 0.293 e. The predicted octanol–water partition coefficient (Wildman–Crippen LogP) is 5.38. The Labute approximate surface area is 187 Å². The molecule has 7 nitrogen and oxygen atoms in total. The van der Waals surface area contributed by atoms with Crippen LogP contribution in [-0.4, -0.2) is 25.5 Å². The Morgan fingerprint density at radius 3 is 2.34 bits per heavy atom. The molecule has 4 rings (SSSR count). The lowest BCUT2D eigenvalue weighted by molar-refractivity contribution is -0.384. The molecule has 2 heterocycles. The number of amides is 2. The van der Waals surface area contributed by atoms with Crippen LogP contribution in [0, 0.1) is 29.8 Å². The van der Waals surface area contributed by atoms with Crippen LogP contribution in [0.25, 0.3) is 11.8 Å². The second kappa shape index (κ2) is 8.43. The van der Waals surface area contributed by atoms with E-state index in [-0.39, 0.29) is 18.0 Å². The Morgan fingerprint density at radius 2 is 1.72 bits per heavy atom. The molecule has 0 radical (unpaired) electrons. The number of benzene rings is 2. The topological polar surface area (TPSA) is 85.5 Å². The first-order valence-corrected chi connectivity index (χ1v) is 10.5. The van der Waals surface area contributed by atoms with Crippen LogP contribution in [0.1, 0.15) is 22.5 Å². The largest absolute Gasteiger partial charge is 0.318 e. The summed E-state index contributed by atoms with van der Waals surface area (Å²) in [5.41, 5.74) is 3.91. The normalized spacial score (nSPS) is 15.1. The van der Waals surface area contributed by atoms with Gasteiger partial charge in [0.25, 0.3) is 16.8 Å². The molecule has 0 spiro atoms. The monoisotopic (exact) mass is 451 g/mol. The van der Waals surface area contributed by atoms with E-state index >= 15 is 0 Å². The quantitative estimate of drug-likeness (QED) is 0.295. The Kier molecular flexibility index (Phi) is 5.67. The number of aromatic nitrogens is 1. The van der Waals surface area contributed by atoms with Crippen LogP contribution < -0.4 is 0 Å². The van der Waals surface area contributed by atoms with Crippen molar-refractivity contribution < 1.29 is 18.9 Å². The van der Waals surface area contributed by atoms with Crippen LogP contribution in [0.4, 0.5) is 14.9 Å². The van der Waals surface area contributed by atoms with E-state index in [1.54, 1.807) is 18.2 Å². The summed E-state index contributed by atoms with van der Waals surface area (Å²) in [6, 6.07) is 13.8. The maximum absolute atomic E-state index is 13.3. The third-order valence-corrected chi connectivity index (χ3v) is 6.11. The fourth-order valence-electron chi connectivity index (χ4n) is 3.60. The van der Waals surface area contributed by atoms with Crippen molar-refractivity contribution in [3.05, 3.63) is 97.9 Å². The highest BCUT2D eigenvalue weighted by molar-refractivity contribution is 8.18. The highest BCUT2D eigenvalue weighted by Crippen LogP contribution is 2.34. The average Bonchev–Trinajstić information content (AvgIpc) is 3.18. The molecule has 1 saturated heterocycles. The number of nitro groups is 1. The number of aryl methyl sites for hydroxylation is 1. The second-order valence-corrected chi connectivity index (χ2v) is 8.32. The summed E-state index contributed by atoms with van der Waals surface area (Å²) in [4.78, 5) is 37.0. The molecule has 0 N–H and O–H groups in total. The Bertz CT molecular complexity index is 1260. The van der Waals surface area contributed by atoms with Crippen molar-refractivity contribution in [1.82, 2.24) is 9.47 Å². The van der Waals surface area contributed by atoms with Gasteiger partial charge in [-0.2, -0.15) is 0 Å².